The Bertz CT molecular complexity index is 1600. The summed E-state index contributed by atoms with van der Waals surface area (Å²) in [6.07, 6.45) is 3.04. The van der Waals surface area contributed by atoms with Gasteiger partial charge in [-0.2, -0.15) is 0 Å². The molecular formula is C31H37ClFN7O2. The van der Waals surface area contributed by atoms with Crippen LogP contribution in [0.1, 0.15) is 59.7 Å². The molecule has 1 saturated heterocycles. The van der Waals surface area contributed by atoms with Gasteiger partial charge in [0, 0.05) is 62.3 Å². The molecule has 0 spiro atoms. The topological polar surface area (TPSA) is 101 Å². The quantitative estimate of drug-likeness (QED) is 0.295. The van der Waals surface area contributed by atoms with Crippen molar-refractivity contribution >= 4 is 34.5 Å². The number of aryl methyl sites for hydroxylation is 1. The van der Waals surface area contributed by atoms with Gasteiger partial charge in [0.1, 0.15) is 28.5 Å². The van der Waals surface area contributed by atoms with Gasteiger partial charge in [-0.3, -0.25) is 9.20 Å². The van der Waals surface area contributed by atoms with Crippen molar-refractivity contribution in [1.82, 2.24) is 24.6 Å². The number of amides is 1. The van der Waals surface area contributed by atoms with E-state index in [1.165, 1.54) is 6.07 Å². The number of benzene rings is 2. The van der Waals surface area contributed by atoms with Crippen LogP contribution in [0.25, 0.3) is 5.52 Å². The predicted octanol–water partition coefficient (Wildman–Crippen LogP) is 5.03. The maximum atomic E-state index is 15.6. The van der Waals surface area contributed by atoms with Crippen LogP contribution in [-0.2, 0) is 6.54 Å². The van der Waals surface area contributed by atoms with E-state index in [2.05, 4.69) is 39.3 Å². The van der Waals surface area contributed by atoms with E-state index in [9.17, 15) is 4.79 Å². The van der Waals surface area contributed by atoms with E-state index in [1.54, 1.807) is 12.4 Å². The largest absolute Gasteiger partial charge is 0.490 e. The number of anilines is 2. The lowest BCUT2D eigenvalue weighted by molar-refractivity contribution is 0.0940. The summed E-state index contributed by atoms with van der Waals surface area (Å²) in [5.74, 6) is -0.732. The summed E-state index contributed by atoms with van der Waals surface area (Å²) in [5, 5.41) is 2.69. The van der Waals surface area contributed by atoms with E-state index in [1.807, 2.05) is 44.2 Å². The first-order valence-corrected chi connectivity index (χ1v) is 14.5. The van der Waals surface area contributed by atoms with Gasteiger partial charge in [0.05, 0.1) is 16.8 Å². The molecule has 0 bridgehead atoms. The van der Waals surface area contributed by atoms with Crippen LogP contribution in [0.2, 0.25) is 5.02 Å². The maximum absolute atomic E-state index is 15.6. The minimum absolute atomic E-state index is 0.138. The highest BCUT2D eigenvalue weighted by atomic mass is 35.5. The van der Waals surface area contributed by atoms with Gasteiger partial charge in [0.15, 0.2) is 5.82 Å². The predicted molar refractivity (Wildman–Crippen MR) is 164 cm³/mol. The summed E-state index contributed by atoms with van der Waals surface area (Å²) < 4.78 is 23.6. The second-order valence-corrected chi connectivity index (χ2v) is 11.5. The molecule has 9 nitrogen and oxygen atoms in total. The molecule has 3 heterocycles. The molecule has 222 valence electrons. The number of rotatable bonds is 8. The van der Waals surface area contributed by atoms with Crippen molar-refractivity contribution in [3.63, 3.8) is 0 Å². The molecule has 1 unspecified atom stereocenters. The van der Waals surface area contributed by atoms with Crippen molar-refractivity contribution in [3.8, 4) is 5.75 Å². The second-order valence-electron chi connectivity index (χ2n) is 11.1. The van der Waals surface area contributed by atoms with E-state index in [0.29, 0.717) is 28.4 Å². The van der Waals surface area contributed by atoms with E-state index in [0.717, 1.165) is 37.4 Å². The Kier molecular flexibility index (Phi) is 8.56. The van der Waals surface area contributed by atoms with Gasteiger partial charge in [0.25, 0.3) is 5.91 Å². The van der Waals surface area contributed by atoms with Crippen molar-refractivity contribution < 1.29 is 13.9 Å². The molecule has 3 N–H and O–H groups in total. The van der Waals surface area contributed by atoms with E-state index in [4.69, 9.17) is 27.1 Å². The number of imidazole rings is 1. The van der Waals surface area contributed by atoms with Gasteiger partial charge < -0.3 is 25.6 Å². The van der Waals surface area contributed by atoms with Gasteiger partial charge in [-0.1, -0.05) is 30.7 Å². The Labute approximate surface area is 250 Å². The van der Waals surface area contributed by atoms with Crippen LogP contribution in [0.15, 0.2) is 42.7 Å². The number of carbonyl (C=O) groups is 1. The third kappa shape index (κ3) is 5.87. The Morgan fingerprint density at radius 1 is 1.17 bits per heavy atom. The Balaban J connectivity index is 1.44. The average molecular weight is 594 g/mol. The number of nitrogens with zero attached hydrogens (tertiary/aromatic N) is 5. The normalized spacial score (nSPS) is 14.9. The molecule has 1 atom stereocenters. The van der Waals surface area contributed by atoms with Gasteiger partial charge in [0.2, 0.25) is 0 Å². The summed E-state index contributed by atoms with van der Waals surface area (Å²) in [6, 6.07) is 9.58. The van der Waals surface area contributed by atoms with Crippen LogP contribution >= 0.6 is 11.6 Å². The second kappa shape index (κ2) is 12.1. The SMILES string of the molecule is Cc1nc(C(C)c2cc(Cl)c(F)c(C(=O)NCc3ccc(N4CCN(C)CC4)cc3)c2OC(C)C)n2ccnc(N)c12. The van der Waals surface area contributed by atoms with Crippen LogP contribution in [0.5, 0.6) is 5.75 Å². The molecule has 1 fully saturated rings. The van der Waals surface area contributed by atoms with Crippen molar-refractivity contribution in [2.75, 3.05) is 43.9 Å². The molecule has 1 aliphatic heterocycles. The summed E-state index contributed by atoms with van der Waals surface area (Å²) in [4.78, 5) is 27.1. The highest BCUT2D eigenvalue weighted by molar-refractivity contribution is 6.31. The lowest BCUT2D eigenvalue weighted by Gasteiger charge is -2.34. The van der Waals surface area contributed by atoms with Crippen LogP contribution in [0.4, 0.5) is 15.9 Å². The molecule has 42 heavy (non-hydrogen) atoms. The average Bonchev–Trinajstić information content (AvgIpc) is 3.31. The zero-order valence-electron chi connectivity index (χ0n) is 24.6. The molecule has 0 saturated carbocycles. The fourth-order valence-corrected chi connectivity index (χ4v) is 5.60. The lowest BCUT2D eigenvalue weighted by Crippen LogP contribution is -2.44. The minimum atomic E-state index is -0.830. The molecule has 2 aromatic carbocycles. The number of nitrogens with two attached hydrogens (primary N) is 1. The standard InChI is InChI=1S/C31H37ClFN7O2/c1-18(2)42-28-23(19(3)30-37-20(4)27-29(34)35-10-11-40(27)30)16-24(32)26(33)25(28)31(41)36-17-21-6-8-22(9-7-21)39-14-12-38(5)13-15-39/h6-11,16,18-19H,12-15,17H2,1-5H3,(H2,34,35)(H,36,41). The van der Waals surface area contributed by atoms with Crippen molar-refractivity contribution in [1.29, 1.82) is 0 Å². The number of nitrogen functional groups attached to an aromatic ring is 1. The zero-order chi connectivity index (χ0) is 30.1. The first-order valence-electron chi connectivity index (χ1n) is 14.1. The summed E-state index contributed by atoms with van der Waals surface area (Å²) >= 11 is 6.39. The van der Waals surface area contributed by atoms with Gasteiger partial charge in [-0.15, -0.1) is 0 Å². The van der Waals surface area contributed by atoms with Gasteiger partial charge in [-0.05, 0) is 51.6 Å². The molecule has 0 aliphatic carbocycles. The number of hydrogen-bond acceptors (Lipinski definition) is 7. The number of likely N-dealkylation sites (N-methyl/N-ethyl adjacent to an activating group) is 1. The lowest BCUT2D eigenvalue weighted by atomic mass is 9.95. The Morgan fingerprint density at radius 3 is 2.52 bits per heavy atom. The molecule has 0 radical (unpaired) electrons. The number of fused-ring (bicyclic) bond motifs is 1. The fraction of sp³-hybridized carbons (Fsp3) is 0.387. The summed E-state index contributed by atoms with van der Waals surface area (Å²) in [7, 11) is 2.13. The number of carbonyl (C=O) groups excluding carboxylic acids is 1. The first-order chi connectivity index (χ1) is 20.0. The third-order valence-corrected chi connectivity index (χ3v) is 7.95. The molecule has 1 aliphatic rings. The summed E-state index contributed by atoms with van der Waals surface area (Å²) in [5.41, 5.74) is 9.87. The smallest absolute Gasteiger partial charge is 0.258 e. The molecular weight excluding hydrogens is 557 g/mol. The van der Waals surface area contributed by atoms with Gasteiger partial charge >= 0.3 is 0 Å². The van der Waals surface area contributed by atoms with Crippen LogP contribution in [0, 0.1) is 12.7 Å². The Hall–Kier alpha value is -3.89. The van der Waals surface area contributed by atoms with Crippen molar-refractivity contribution in [2.24, 2.45) is 0 Å². The third-order valence-electron chi connectivity index (χ3n) is 7.68. The first kappa shape index (κ1) is 29.6. The van der Waals surface area contributed by atoms with Gasteiger partial charge in [-0.25, -0.2) is 14.4 Å². The number of halogens is 2. The monoisotopic (exact) mass is 593 g/mol. The zero-order valence-corrected chi connectivity index (χ0v) is 25.4. The number of ether oxygens (including phenoxy) is 1. The molecule has 4 aromatic rings. The molecule has 5 rings (SSSR count). The van der Waals surface area contributed by atoms with Crippen LogP contribution in [0.3, 0.4) is 0 Å². The summed E-state index contributed by atoms with van der Waals surface area (Å²) in [6.45, 7) is 11.6. The van der Waals surface area contributed by atoms with Crippen LogP contribution < -0.4 is 20.7 Å². The Morgan fingerprint density at radius 2 is 1.86 bits per heavy atom. The number of hydrogen-bond donors (Lipinski definition) is 2. The number of piperazine rings is 1. The van der Waals surface area contributed by atoms with Crippen molar-refractivity contribution in [3.05, 3.63) is 81.8 Å². The molecule has 2 aromatic heterocycles. The minimum Gasteiger partial charge on any atom is -0.490 e. The van der Waals surface area contributed by atoms with E-state index < -0.39 is 17.6 Å². The van der Waals surface area contributed by atoms with E-state index in [-0.39, 0.29) is 29.0 Å². The molecule has 1 amide bonds. The van der Waals surface area contributed by atoms with Crippen molar-refractivity contribution in [2.45, 2.75) is 46.3 Å². The highest BCUT2D eigenvalue weighted by Crippen LogP contribution is 2.40. The highest BCUT2D eigenvalue weighted by Gasteiger charge is 2.30. The number of aromatic nitrogens is 3. The van der Waals surface area contributed by atoms with Crippen LogP contribution in [-0.4, -0.2) is 64.5 Å². The van der Waals surface area contributed by atoms with E-state index >= 15 is 4.39 Å². The number of nitrogens with one attached hydrogen (secondary N) is 1. The fourth-order valence-electron chi connectivity index (χ4n) is 5.39. The maximum Gasteiger partial charge on any atom is 0.258 e. The molecule has 11 heteroatoms.